The van der Waals surface area contributed by atoms with Gasteiger partial charge in [-0.1, -0.05) is 11.8 Å². The summed E-state index contributed by atoms with van der Waals surface area (Å²) in [7, 11) is 0. The summed E-state index contributed by atoms with van der Waals surface area (Å²) in [4.78, 5) is 12.1. The molecule has 0 saturated heterocycles. The standard InChI is InChI=1S/C7H9ClN4S/c1-13-7-11-5(8)10-6(12-7)9-4-2-3-4/h4H,2-3H2,1H3,(H,9,10,11,12). The third-order valence-electron chi connectivity index (χ3n) is 1.68. The van der Waals surface area contributed by atoms with Crippen LogP contribution in [0.5, 0.6) is 0 Å². The molecule has 1 aromatic rings. The first-order valence-corrected chi connectivity index (χ1v) is 5.60. The molecular formula is C7H9ClN4S. The highest BCUT2D eigenvalue weighted by Crippen LogP contribution is 2.23. The van der Waals surface area contributed by atoms with E-state index in [0.29, 0.717) is 17.1 Å². The van der Waals surface area contributed by atoms with E-state index in [9.17, 15) is 0 Å². The third-order valence-corrected chi connectivity index (χ3v) is 2.40. The van der Waals surface area contributed by atoms with Crippen molar-refractivity contribution in [1.29, 1.82) is 0 Å². The molecule has 1 aliphatic rings. The van der Waals surface area contributed by atoms with Crippen LogP contribution in [0.3, 0.4) is 0 Å². The highest BCUT2D eigenvalue weighted by Gasteiger charge is 2.22. The molecule has 1 heterocycles. The van der Waals surface area contributed by atoms with Crippen LogP contribution in [0.4, 0.5) is 5.95 Å². The largest absolute Gasteiger partial charge is 0.351 e. The molecule has 0 spiro atoms. The van der Waals surface area contributed by atoms with Gasteiger partial charge in [0.05, 0.1) is 0 Å². The number of rotatable bonds is 3. The summed E-state index contributed by atoms with van der Waals surface area (Å²) in [5.74, 6) is 0.590. The molecule has 1 aliphatic carbocycles. The Kier molecular flexibility index (Phi) is 2.55. The Labute approximate surface area is 85.5 Å². The van der Waals surface area contributed by atoms with Gasteiger partial charge in [0.1, 0.15) is 0 Å². The topological polar surface area (TPSA) is 50.7 Å². The molecule has 70 valence electrons. The maximum absolute atomic E-state index is 5.72. The molecule has 2 rings (SSSR count). The van der Waals surface area contributed by atoms with Crippen molar-refractivity contribution in [2.45, 2.75) is 24.0 Å². The molecule has 1 saturated carbocycles. The van der Waals surface area contributed by atoms with Crippen molar-refractivity contribution in [3.63, 3.8) is 0 Å². The highest BCUT2D eigenvalue weighted by molar-refractivity contribution is 7.98. The molecule has 4 nitrogen and oxygen atoms in total. The van der Waals surface area contributed by atoms with Crippen molar-refractivity contribution in [1.82, 2.24) is 15.0 Å². The molecule has 6 heteroatoms. The van der Waals surface area contributed by atoms with Gasteiger partial charge in [0, 0.05) is 6.04 Å². The first-order chi connectivity index (χ1) is 6.28. The van der Waals surface area contributed by atoms with Crippen LogP contribution in [0.1, 0.15) is 12.8 Å². The number of aromatic nitrogens is 3. The van der Waals surface area contributed by atoms with E-state index in [2.05, 4.69) is 20.3 Å². The molecule has 0 aliphatic heterocycles. The first kappa shape index (κ1) is 9.02. The summed E-state index contributed by atoms with van der Waals surface area (Å²) in [6, 6.07) is 0.535. The van der Waals surface area contributed by atoms with Gasteiger partial charge in [0.25, 0.3) is 0 Å². The number of nitrogens with zero attached hydrogens (tertiary/aromatic N) is 3. The average molecular weight is 217 g/mol. The van der Waals surface area contributed by atoms with E-state index in [1.165, 1.54) is 24.6 Å². The zero-order valence-corrected chi connectivity index (χ0v) is 8.69. The molecule has 0 amide bonds. The van der Waals surface area contributed by atoms with Crippen molar-refractivity contribution in [3.8, 4) is 0 Å². The van der Waals surface area contributed by atoms with Crippen LogP contribution in [0.25, 0.3) is 0 Å². The highest BCUT2D eigenvalue weighted by atomic mass is 35.5. The van der Waals surface area contributed by atoms with Crippen molar-refractivity contribution >= 4 is 29.3 Å². The molecule has 0 radical (unpaired) electrons. The van der Waals surface area contributed by atoms with Crippen LogP contribution < -0.4 is 5.32 Å². The van der Waals surface area contributed by atoms with Gasteiger partial charge in [-0.15, -0.1) is 0 Å². The lowest BCUT2D eigenvalue weighted by molar-refractivity contribution is 0.894. The second-order valence-corrected chi connectivity index (χ2v) is 3.94. The van der Waals surface area contributed by atoms with E-state index >= 15 is 0 Å². The van der Waals surface area contributed by atoms with Crippen LogP contribution in [0.2, 0.25) is 5.28 Å². The van der Waals surface area contributed by atoms with Gasteiger partial charge in [-0.3, -0.25) is 0 Å². The number of nitrogens with one attached hydrogen (secondary N) is 1. The molecule has 1 fully saturated rings. The number of hydrogen-bond acceptors (Lipinski definition) is 5. The van der Waals surface area contributed by atoms with Crippen molar-refractivity contribution < 1.29 is 0 Å². The number of hydrogen-bond donors (Lipinski definition) is 1. The molecule has 0 atom stereocenters. The molecule has 13 heavy (non-hydrogen) atoms. The van der Waals surface area contributed by atoms with Gasteiger partial charge in [-0.05, 0) is 30.7 Å². The fraction of sp³-hybridized carbons (Fsp3) is 0.571. The fourth-order valence-corrected chi connectivity index (χ4v) is 1.46. The summed E-state index contributed by atoms with van der Waals surface area (Å²) in [6.07, 6.45) is 4.29. The molecule has 0 aromatic carbocycles. The van der Waals surface area contributed by atoms with Crippen molar-refractivity contribution in [2.75, 3.05) is 11.6 Å². The van der Waals surface area contributed by atoms with Gasteiger partial charge in [0.15, 0.2) is 5.16 Å². The first-order valence-electron chi connectivity index (χ1n) is 4.00. The fourth-order valence-electron chi connectivity index (χ4n) is 0.898. The lowest BCUT2D eigenvalue weighted by Crippen LogP contribution is -2.06. The average Bonchev–Trinajstić information content (AvgIpc) is 2.87. The second-order valence-electron chi connectivity index (χ2n) is 2.83. The molecular weight excluding hydrogens is 208 g/mol. The minimum Gasteiger partial charge on any atom is -0.351 e. The molecule has 1 aromatic heterocycles. The Morgan fingerprint density at radius 1 is 1.38 bits per heavy atom. The Hall–Kier alpha value is -0.550. The second kappa shape index (κ2) is 3.67. The van der Waals surface area contributed by atoms with Crippen molar-refractivity contribution in [2.24, 2.45) is 0 Å². The van der Waals surface area contributed by atoms with E-state index in [1.54, 1.807) is 0 Å². The van der Waals surface area contributed by atoms with Gasteiger partial charge in [-0.2, -0.15) is 15.0 Å². The van der Waals surface area contributed by atoms with Crippen LogP contribution in [0, 0.1) is 0 Å². The number of halogens is 1. The van der Waals surface area contributed by atoms with E-state index in [0.717, 1.165) is 0 Å². The Morgan fingerprint density at radius 3 is 2.77 bits per heavy atom. The van der Waals surface area contributed by atoms with Crippen molar-refractivity contribution in [3.05, 3.63) is 5.28 Å². The summed E-state index contributed by atoms with van der Waals surface area (Å²) >= 11 is 7.18. The number of anilines is 1. The minimum atomic E-state index is 0.252. The van der Waals surface area contributed by atoms with Gasteiger partial charge in [-0.25, -0.2) is 0 Å². The van der Waals surface area contributed by atoms with E-state index in [1.807, 2.05) is 6.26 Å². The minimum absolute atomic E-state index is 0.252. The quantitative estimate of drug-likeness (QED) is 0.782. The predicted molar refractivity (Wildman–Crippen MR) is 53.3 cm³/mol. The van der Waals surface area contributed by atoms with Crippen LogP contribution >= 0.6 is 23.4 Å². The summed E-state index contributed by atoms with van der Waals surface area (Å²) in [6.45, 7) is 0. The van der Waals surface area contributed by atoms with E-state index in [-0.39, 0.29) is 5.28 Å². The van der Waals surface area contributed by atoms with E-state index < -0.39 is 0 Å². The monoisotopic (exact) mass is 216 g/mol. The third kappa shape index (κ3) is 2.45. The lowest BCUT2D eigenvalue weighted by Gasteiger charge is -2.03. The predicted octanol–water partition coefficient (Wildman–Crippen LogP) is 1.82. The van der Waals surface area contributed by atoms with Crippen LogP contribution in [0.15, 0.2) is 5.16 Å². The SMILES string of the molecule is CSc1nc(Cl)nc(NC2CC2)n1. The zero-order valence-electron chi connectivity index (χ0n) is 7.12. The smallest absolute Gasteiger partial charge is 0.228 e. The molecule has 0 unspecified atom stereocenters. The zero-order chi connectivity index (χ0) is 9.26. The maximum Gasteiger partial charge on any atom is 0.228 e. The normalized spacial score (nSPS) is 15.8. The van der Waals surface area contributed by atoms with Gasteiger partial charge in [0.2, 0.25) is 11.2 Å². The molecule has 0 bridgehead atoms. The summed E-state index contributed by atoms with van der Waals surface area (Å²) in [5, 5.41) is 4.08. The van der Waals surface area contributed by atoms with E-state index in [4.69, 9.17) is 11.6 Å². The van der Waals surface area contributed by atoms with Gasteiger partial charge < -0.3 is 5.32 Å². The summed E-state index contributed by atoms with van der Waals surface area (Å²) in [5.41, 5.74) is 0. The summed E-state index contributed by atoms with van der Waals surface area (Å²) < 4.78 is 0. The van der Waals surface area contributed by atoms with Crippen LogP contribution in [-0.4, -0.2) is 27.2 Å². The van der Waals surface area contributed by atoms with Gasteiger partial charge >= 0.3 is 0 Å². The van der Waals surface area contributed by atoms with Crippen LogP contribution in [-0.2, 0) is 0 Å². The Bertz CT molecular complexity index is 315. The Morgan fingerprint density at radius 2 is 2.15 bits per heavy atom. The Balaban J connectivity index is 2.17. The number of thioether (sulfide) groups is 1. The molecule has 1 N–H and O–H groups in total. The lowest BCUT2D eigenvalue weighted by atomic mass is 10.7. The maximum atomic E-state index is 5.72.